The van der Waals surface area contributed by atoms with Gasteiger partial charge in [0.2, 0.25) is 0 Å². The molecule has 0 atom stereocenters. The summed E-state index contributed by atoms with van der Waals surface area (Å²) in [6.45, 7) is 14.5. The monoisotopic (exact) mass is 217 g/mol. The van der Waals surface area contributed by atoms with Crippen molar-refractivity contribution in [3.63, 3.8) is 0 Å². The number of carbonyl (C=O) groups excluding carboxylic acids is 1. The Morgan fingerprint density at radius 2 is 2.00 bits per heavy atom. The molecule has 3 heteroatoms. The molecule has 1 rings (SSSR count). The lowest BCUT2D eigenvalue weighted by atomic mass is 9.85. The second kappa shape index (κ2) is 4.36. The molecule has 0 heterocycles. The van der Waals surface area contributed by atoms with Gasteiger partial charge in [-0.3, -0.25) is 4.79 Å². The Bertz CT molecular complexity index is 450. The quantitative estimate of drug-likeness (QED) is 0.409. The fourth-order valence-electron chi connectivity index (χ4n) is 1.61. The Hall–Kier alpha value is -1.82. The molecule has 0 saturated heterocycles. The van der Waals surface area contributed by atoms with Crippen LogP contribution < -0.4 is 4.74 Å². The van der Waals surface area contributed by atoms with Crippen molar-refractivity contribution in [3.8, 4) is 5.75 Å². The summed E-state index contributed by atoms with van der Waals surface area (Å²) in [5.74, 6) is 0.112. The van der Waals surface area contributed by atoms with Gasteiger partial charge in [0.1, 0.15) is 5.75 Å². The molecular weight excluding hydrogens is 202 g/mol. The summed E-state index contributed by atoms with van der Waals surface area (Å²) < 4.78 is 5.13. The van der Waals surface area contributed by atoms with Gasteiger partial charge in [-0.05, 0) is 11.5 Å². The van der Waals surface area contributed by atoms with Crippen LogP contribution in [0.4, 0.5) is 5.69 Å². The molecule has 0 aromatic heterocycles. The summed E-state index contributed by atoms with van der Waals surface area (Å²) in [6, 6.07) is 5.18. The highest BCUT2D eigenvalue weighted by Gasteiger charge is 2.23. The van der Waals surface area contributed by atoms with Crippen LogP contribution in [0.25, 0.3) is 4.85 Å². The van der Waals surface area contributed by atoms with Crippen molar-refractivity contribution in [3.05, 3.63) is 35.2 Å². The Labute approximate surface area is 95.9 Å². The minimum atomic E-state index is -0.368. The summed E-state index contributed by atoms with van der Waals surface area (Å²) in [5.41, 5.74) is 1.08. The first kappa shape index (κ1) is 12.3. The fourth-order valence-corrected chi connectivity index (χ4v) is 1.61. The molecule has 16 heavy (non-hydrogen) atoms. The number of rotatable bonds is 1. The van der Waals surface area contributed by atoms with Crippen molar-refractivity contribution in [1.29, 1.82) is 0 Å². The summed E-state index contributed by atoms with van der Waals surface area (Å²) >= 11 is 0. The average Bonchev–Trinajstić information content (AvgIpc) is 2.14. The topological polar surface area (TPSA) is 30.7 Å². The fraction of sp³-hybridized carbons (Fsp3) is 0.385. The van der Waals surface area contributed by atoms with Crippen LogP contribution in [-0.2, 0) is 10.2 Å². The number of hydrogen-bond acceptors (Lipinski definition) is 2. The smallest absolute Gasteiger partial charge is 0.307 e. The van der Waals surface area contributed by atoms with Crippen LogP contribution in [-0.4, -0.2) is 5.97 Å². The lowest BCUT2D eigenvalue weighted by Crippen LogP contribution is -2.15. The number of ether oxygens (including phenoxy) is 1. The van der Waals surface area contributed by atoms with E-state index < -0.39 is 0 Å². The second-order valence-corrected chi connectivity index (χ2v) is 4.61. The number of nitrogens with zero attached hydrogens (tertiary/aromatic N) is 1. The molecule has 3 nitrogen and oxygen atoms in total. The predicted molar refractivity (Wildman–Crippen MR) is 62.7 cm³/mol. The third-order valence-corrected chi connectivity index (χ3v) is 2.13. The van der Waals surface area contributed by atoms with E-state index in [0.29, 0.717) is 11.4 Å². The molecule has 0 radical (unpaired) electrons. The molecule has 0 bridgehead atoms. The minimum Gasteiger partial charge on any atom is -0.428 e. The molecule has 0 amide bonds. The lowest BCUT2D eigenvalue weighted by molar-refractivity contribution is -0.131. The number of esters is 1. The Morgan fingerprint density at radius 1 is 1.38 bits per heavy atom. The molecule has 0 aliphatic rings. The molecule has 0 N–H and O–H groups in total. The van der Waals surface area contributed by atoms with Gasteiger partial charge in [0, 0.05) is 12.5 Å². The van der Waals surface area contributed by atoms with Gasteiger partial charge in [-0.2, -0.15) is 0 Å². The lowest BCUT2D eigenvalue weighted by Gasteiger charge is -2.23. The summed E-state index contributed by atoms with van der Waals surface area (Å²) in [5, 5.41) is 0. The highest BCUT2D eigenvalue weighted by Crippen LogP contribution is 2.38. The van der Waals surface area contributed by atoms with E-state index in [0.717, 1.165) is 5.56 Å². The molecular formula is C13H15NO2. The molecule has 0 saturated carbocycles. The van der Waals surface area contributed by atoms with E-state index in [1.54, 1.807) is 18.2 Å². The van der Waals surface area contributed by atoms with Crippen LogP contribution in [0.3, 0.4) is 0 Å². The molecule has 0 fully saturated rings. The van der Waals surface area contributed by atoms with Gasteiger partial charge >= 0.3 is 5.97 Å². The largest absolute Gasteiger partial charge is 0.428 e. The minimum absolute atomic E-state index is 0.230. The van der Waals surface area contributed by atoms with Crippen molar-refractivity contribution in [2.75, 3.05) is 0 Å². The maximum atomic E-state index is 11.0. The zero-order valence-corrected chi connectivity index (χ0v) is 10.00. The van der Waals surface area contributed by atoms with E-state index in [4.69, 9.17) is 11.3 Å². The van der Waals surface area contributed by atoms with Crippen LogP contribution >= 0.6 is 0 Å². The third kappa shape index (κ3) is 2.60. The van der Waals surface area contributed by atoms with Gasteiger partial charge in [-0.15, -0.1) is 0 Å². The first-order valence-corrected chi connectivity index (χ1v) is 5.05. The number of hydrogen-bond donors (Lipinski definition) is 0. The normalized spacial score (nSPS) is 10.7. The molecule has 1 aromatic carbocycles. The molecule has 0 aliphatic heterocycles. The Balaban J connectivity index is 3.39. The van der Waals surface area contributed by atoms with Gasteiger partial charge in [0.25, 0.3) is 0 Å². The molecule has 1 aromatic rings. The highest BCUT2D eigenvalue weighted by atomic mass is 16.5. The molecule has 0 unspecified atom stereocenters. The number of benzene rings is 1. The van der Waals surface area contributed by atoms with Crippen molar-refractivity contribution in [2.24, 2.45) is 0 Å². The van der Waals surface area contributed by atoms with Crippen molar-refractivity contribution in [2.45, 2.75) is 33.1 Å². The van der Waals surface area contributed by atoms with Crippen molar-refractivity contribution in [1.82, 2.24) is 0 Å². The maximum Gasteiger partial charge on any atom is 0.307 e. The first-order valence-electron chi connectivity index (χ1n) is 5.05. The van der Waals surface area contributed by atoms with Gasteiger partial charge in [-0.25, -0.2) is 4.85 Å². The average molecular weight is 217 g/mol. The summed E-state index contributed by atoms with van der Waals surface area (Å²) in [6.07, 6.45) is 0. The Morgan fingerprint density at radius 3 is 2.44 bits per heavy atom. The summed E-state index contributed by atoms with van der Waals surface area (Å²) in [7, 11) is 0. The molecule has 84 valence electrons. The van der Waals surface area contributed by atoms with Crippen LogP contribution in [0, 0.1) is 6.57 Å². The van der Waals surface area contributed by atoms with E-state index in [2.05, 4.69) is 4.85 Å². The zero-order chi connectivity index (χ0) is 12.3. The van der Waals surface area contributed by atoms with Crippen LogP contribution in [0.15, 0.2) is 18.2 Å². The Kier molecular flexibility index (Phi) is 3.34. The molecule has 0 spiro atoms. The standard InChI is InChI=1S/C13H15NO2/c1-9(15)16-11-8-6-7-10(14-5)12(11)13(2,3)4/h6-8H,1-4H3. The predicted octanol–water partition coefficient (Wildman–Crippen LogP) is 3.46. The van der Waals surface area contributed by atoms with Gasteiger partial charge < -0.3 is 4.74 Å². The van der Waals surface area contributed by atoms with Crippen LogP contribution in [0.2, 0.25) is 0 Å². The zero-order valence-electron chi connectivity index (χ0n) is 10.00. The number of carbonyl (C=O) groups is 1. The van der Waals surface area contributed by atoms with E-state index >= 15 is 0 Å². The van der Waals surface area contributed by atoms with Crippen molar-refractivity contribution < 1.29 is 9.53 Å². The van der Waals surface area contributed by atoms with E-state index in [1.807, 2.05) is 20.8 Å². The SMILES string of the molecule is [C-]#[N+]c1cccc(OC(C)=O)c1C(C)(C)C. The maximum absolute atomic E-state index is 11.0. The summed E-state index contributed by atoms with van der Waals surface area (Å²) in [4.78, 5) is 14.5. The van der Waals surface area contributed by atoms with Crippen LogP contribution in [0.5, 0.6) is 5.75 Å². The van der Waals surface area contributed by atoms with Crippen molar-refractivity contribution >= 4 is 11.7 Å². The van der Waals surface area contributed by atoms with Crippen LogP contribution in [0.1, 0.15) is 33.3 Å². The second-order valence-electron chi connectivity index (χ2n) is 4.61. The van der Waals surface area contributed by atoms with Gasteiger partial charge in [0.15, 0.2) is 5.69 Å². The third-order valence-electron chi connectivity index (χ3n) is 2.13. The van der Waals surface area contributed by atoms with E-state index in [1.165, 1.54) is 6.92 Å². The molecule has 0 aliphatic carbocycles. The highest BCUT2D eigenvalue weighted by molar-refractivity contribution is 5.72. The van der Waals surface area contributed by atoms with E-state index in [9.17, 15) is 4.79 Å². The first-order chi connectivity index (χ1) is 7.36. The van der Waals surface area contributed by atoms with Gasteiger partial charge in [0.05, 0.1) is 6.57 Å². The van der Waals surface area contributed by atoms with E-state index in [-0.39, 0.29) is 11.4 Å². The van der Waals surface area contributed by atoms with Gasteiger partial charge in [-0.1, -0.05) is 32.9 Å².